The number of aromatic nitrogens is 2. The molecule has 2 aromatic rings. The van der Waals surface area contributed by atoms with Crippen molar-refractivity contribution in [2.45, 2.75) is 25.2 Å². The first-order chi connectivity index (χ1) is 9.72. The quantitative estimate of drug-likeness (QED) is 0.750. The molecule has 6 nitrogen and oxygen atoms in total. The van der Waals surface area contributed by atoms with Gasteiger partial charge < -0.3 is 14.8 Å². The minimum absolute atomic E-state index is 0.0270. The Morgan fingerprint density at radius 2 is 2.20 bits per heavy atom. The number of hydrogen-bond donors (Lipinski definition) is 3. The van der Waals surface area contributed by atoms with Gasteiger partial charge in [0.05, 0.1) is 6.20 Å². The van der Waals surface area contributed by atoms with Crippen LogP contribution in [0.3, 0.4) is 0 Å². The average Bonchev–Trinajstić information content (AvgIpc) is 2.78. The van der Waals surface area contributed by atoms with E-state index in [0.29, 0.717) is 11.9 Å². The van der Waals surface area contributed by atoms with Gasteiger partial charge in [0.1, 0.15) is 5.76 Å². The van der Waals surface area contributed by atoms with Gasteiger partial charge in [-0.1, -0.05) is 6.42 Å². The van der Waals surface area contributed by atoms with E-state index in [4.69, 9.17) is 16.6 Å². The summed E-state index contributed by atoms with van der Waals surface area (Å²) in [7, 11) is 0. The van der Waals surface area contributed by atoms with Crippen LogP contribution in [0.25, 0.3) is 0 Å². The number of pyridine rings is 1. The maximum atomic E-state index is 9.59. The summed E-state index contributed by atoms with van der Waals surface area (Å²) in [6, 6.07) is 3.51. The van der Waals surface area contributed by atoms with Crippen molar-refractivity contribution in [1.82, 2.24) is 9.97 Å². The summed E-state index contributed by atoms with van der Waals surface area (Å²) in [5.74, 6) is 1.69. The average molecular weight is 290 g/mol. The van der Waals surface area contributed by atoms with E-state index in [1.165, 1.54) is 12.5 Å². The third-order valence-corrected chi connectivity index (χ3v) is 3.47. The molecule has 104 valence electrons. The molecule has 0 bridgehead atoms. The minimum Gasteiger partial charge on any atom is -0.504 e. The summed E-state index contributed by atoms with van der Waals surface area (Å²) in [4.78, 5) is 8.11. The molecule has 1 aliphatic rings. The maximum absolute atomic E-state index is 9.59. The molecular formula is C13H14N4O2S. The molecular weight excluding hydrogens is 276 g/mol. The van der Waals surface area contributed by atoms with Crippen LogP contribution in [0.2, 0.25) is 0 Å². The molecule has 0 aliphatic heterocycles. The van der Waals surface area contributed by atoms with E-state index in [-0.39, 0.29) is 16.7 Å². The summed E-state index contributed by atoms with van der Waals surface area (Å²) in [5, 5.41) is 15.5. The van der Waals surface area contributed by atoms with Gasteiger partial charge in [-0.2, -0.15) is 0 Å². The van der Waals surface area contributed by atoms with Gasteiger partial charge >= 0.3 is 6.01 Å². The molecule has 1 saturated carbocycles. The van der Waals surface area contributed by atoms with E-state index < -0.39 is 0 Å². The highest BCUT2D eigenvalue weighted by Gasteiger charge is 2.23. The zero-order valence-corrected chi connectivity index (χ0v) is 11.5. The Morgan fingerprint density at radius 3 is 2.90 bits per heavy atom. The summed E-state index contributed by atoms with van der Waals surface area (Å²) in [6.45, 7) is 0. The molecule has 0 unspecified atom stereocenters. The molecule has 0 radical (unpaired) electrons. The second-order valence-electron chi connectivity index (χ2n) is 4.65. The van der Waals surface area contributed by atoms with Gasteiger partial charge in [-0.3, -0.25) is 5.32 Å². The number of oxazole rings is 1. The Kier molecular flexibility index (Phi) is 3.51. The second-order valence-corrected chi connectivity index (χ2v) is 5.05. The van der Waals surface area contributed by atoms with Crippen LogP contribution in [-0.2, 0) is 0 Å². The van der Waals surface area contributed by atoms with E-state index in [9.17, 15) is 5.11 Å². The Hall–Kier alpha value is -2.15. The molecule has 3 rings (SSSR count). The number of rotatable bonds is 3. The number of nitrogens with zero attached hydrogens (tertiary/aromatic N) is 2. The normalized spacial score (nSPS) is 14.6. The Balaban J connectivity index is 1.61. The lowest BCUT2D eigenvalue weighted by molar-refractivity contribution is 0.351. The summed E-state index contributed by atoms with van der Waals surface area (Å²) in [5.41, 5.74) is 0. The first-order valence-corrected chi connectivity index (χ1v) is 6.81. The Labute approximate surface area is 121 Å². The van der Waals surface area contributed by atoms with E-state index in [1.807, 2.05) is 0 Å². The maximum Gasteiger partial charge on any atom is 0.301 e. The van der Waals surface area contributed by atoms with Gasteiger partial charge in [0.15, 0.2) is 16.7 Å². The standard InChI is InChI=1S/C13H14N4O2S/c18-9-5-2-6-14-11(9)16-13(20)17-12-15-7-10(19-12)8-3-1-4-8/h2,5-8,18H,1,3-4H2,(H2,14,15,16,17,20). The van der Waals surface area contributed by atoms with Gasteiger partial charge in [0, 0.05) is 12.1 Å². The smallest absolute Gasteiger partial charge is 0.301 e. The van der Waals surface area contributed by atoms with E-state index in [0.717, 1.165) is 18.6 Å². The van der Waals surface area contributed by atoms with Gasteiger partial charge in [0.25, 0.3) is 0 Å². The van der Waals surface area contributed by atoms with Crippen LogP contribution < -0.4 is 10.6 Å². The van der Waals surface area contributed by atoms with Crippen molar-refractivity contribution in [3.8, 4) is 5.75 Å². The van der Waals surface area contributed by atoms with Crippen LogP contribution in [0.5, 0.6) is 5.75 Å². The highest BCUT2D eigenvalue weighted by Crippen LogP contribution is 2.37. The van der Waals surface area contributed by atoms with Crippen molar-refractivity contribution in [1.29, 1.82) is 0 Å². The predicted molar refractivity (Wildman–Crippen MR) is 78.8 cm³/mol. The number of hydrogen-bond acceptors (Lipinski definition) is 5. The minimum atomic E-state index is 0.0270. The highest BCUT2D eigenvalue weighted by atomic mass is 32.1. The molecule has 1 fully saturated rings. The van der Waals surface area contributed by atoms with Crippen LogP contribution in [-0.4, -0.2) is 20.2 Å². The SMILES string of the molecule is Oc1cccnc1NC(=S)Nc1ncc(C2CCC2)o1. The third-order valence-electron chi connectivity index (χ3n) is 3.27. The molecule has 0 saturated heterocycles. The fourth-order valence-corrected chi connectivity index (χ4v) is 2.14. The first kappa shape index (κ1) is 12.9. The summed E-state index contributed by atoms with van der Waals surface area (Å²) in [6.07, 6.45) is 6.84. The largest absolute Gasteiger partial charge is 0.504 e. The monoisotopic (exact) mass is 290 g/mol. The topological polar surface area (TPSA) is 83.2 Å². The van der Waals surface area contributed by atoms with Gasteiger partial charge in [-0.25, -0.2) is 9.97 Å². The highest BCUT2D eigenvalue weighted by molar-refractivity contribution is 7.80. The lowest BCUT2D eigenvalue weighted by atomic mass is 9.84. The molecule has 20 heavy (non-hydrogen) atoms. The van der Waals surface area contributed by atoms with Crippen molar-refractivity contribution in [2.75, 3.05) is 10.6 Å². The van der Waals surface area contributed by atoms with Crippen molar-refractivity contribution in [3.63, 3.8) is 0 Å². The van der Waals surface area contributed by atoms with Crippen LogP contribution in [0.15, 0.2) is 28.9 Å². The lowest BCUT2D eigenvalue weighted by Crippen LogP contribution is -2.20. The van der Waals surface area contributed by atoms with Crippen LogP contribution in [0, 0.1) is 0 Å². The number of anilines is 2. The molecule has 2 aromatic heterocycles. The van der Waals surface area contributed by atoms with Crippen LogP contribution in [0.1, 0.15) is 30.9 Å². The van der Waals surface area contributed by atoms with E-state index in [1.54, 1.807) is 18.5 Å². The summed E-state index contributed by atoms with van der Waals surface area (Å²) >= 11 is 5.12. The number of thiocarbonyl (C=S) groups is 1. The molecule has 3 N–H and O–H groups in total. The Bertz CT molecular complexity index is 624. The third kappa shape index (κ3) is 2.72. The molecule has 0 spiro atoms. The zero-order chi connectivity index (χ0) is 13.9. The molecule has 0 aromatic carbocycles. The molecule has 0 atom stereocenters. The number of aromatic hydroxyl groups is 1. The van der Waals surface area contributed by atoms with Crippen molar-refractivity contribution in [2.24, 2.45) is 0 Å². The van der Waals surface area contributed by atoms with E-state index >= 15 is 0 Å². The molecule has 2 heterocycles. The van der Waals surface area contributed by atoms with Crippen molar-refractivity contribution < 1.29 is 9.52 Å². The first-order valence-electron chi connectivity index (χ1n) is 6.40. The zero-order valence-electron chi connectivity index (χ0n) is 10.7. The van der Waals surface area contributed by atoms with Gasteiger partial charge in [-0.05, 0) is 37.2 Å². The van der Waals surface area contributed by atoms with Crippen LogP contribution in [0.4, 0.5) is 11.8 Å². The Morgan fingerprint density at radius 1 is 1.35 bits per heavy atom. The molecule has 1 aliphatic carbocycles. The van der Waals surface area contributed by atoms with Gasteiger partial charge in [-0.15, -0.1) is 0 Å². The van der Waals surface area contributed by atoms with Crippen molar-refractivity contribution >= 4 is 29.2 Å². The second kappa shape index (κ2) is 5.46. The van der Waals surface area contributed by atoms with E-state index in [2.05, 4.69) is 20.6 Å². The lowest BCUT2D eigenvalue weighted by Gasteiger charge is -2.22. The fourth-order valence-electron chi connectivity index (χ4n) is 1.95. The molecule has 7 heteroatoms. The van der Waals surface area contributed by atoms with Gasteiger partial charge in [0.2, 0.25) is 0 Å². The van der Waals surface area contributed by atoms with Crippen LogP contribution >= 0.6 is 12.2 Å². The predicted octanol–water partition coefficient (Wildman–Crippen LogP) is 2.85. The number of nitrogens with one attached hydrogen (secondary N) is 2. The fraction of sp³-hybridized carbons (Fsp3) is 0.308. The summed E-state index contributed by atoms with van der Waals surface area (Å²) < 4.78 is 5.59. The molecule has 0 amide bonds. The van der Waals surface area contributed by atoms with Crippen molar-refractivity contribution in [3.05, 3.63) is 30.3 Å².